The molecule has 1 aliphatic carbocycles. The molecule has 1 fully saturated rings. The lowest BCUT2D eigenvalue weighted by molar-refractivity contribution is 0.294. The summed E-state index contributed by atoms with van der Waals surface area (Å²) in [7, 11) is 0. The highest BCUT2D eigenvalue weighted by Gasteiger charge is 2.19. The number of benzene rings is 1. The first-order valence-corrected chi connectivity index (χ1v) is 9.03. The molecule has 0 unspecified atom stereocenters. The van der Waals surface area contributed by atoms with Gasteiger partial charge in [0.1, 0.15) is 0 Å². The van der Waals surface area contributed by atoms with E-state index in [0.29, 0.717) is 5.92 Å². The van der Waals surface area contributed by atoms with E-state index in [2.05, 4.69) is 43.5 Å². The van der Waals surface area contributed by atoms with E-state index in [0.717, 1.165) is 16.4 Å². The van der Waals surface area contributed by atoms with E-state index >= 15 is 0 Å². The van der Waals surface area contributed by atoms with Gasteiger partial charge in [0, 0.05) is 16.4 Å². The third-order valence-corrected chi connectivity index (χ3v) is 4.90. The number of hydrogen-bond acceptors (Lipinski definition) is 1. The van der Waals surface area contributed by atoms with Gasteiger partial charge in [-0.25, -0.2) is 0 Å². The Hall–Kier alpha value is -0.870. The van der Waals surface area contributed by atoms with Crippen LogP contribution in [-0.2, 0) is 0 Å². The lowest BCUT2D eigenvalue weighted by atomic mass is 9.80. The minimum atomic E-state index is 0.618. The number of unbranched alkanes of at least 4 members (excludes halogenated alkanes) is 3. The Balaban J connectivity index is 1.70. The van der Waals surface area contributed by atoms with Gasteiger partial charge in [-0.1, -0.05) is 50.9 Å². The first kappa shape index (κ1) is 16.5. The third-order valence-electron chi connectivity index (χ3n) is 4.60. The maximum Gasteiger partial charge on any atom is 0.0246 e. The molecule has 0 N–H and O–H groups in total. The molecule has 2 rings (SSSR count). The van der Waals surface area contributed by atoms with Crippen molar-refractivity contribution in [3.63, 3.8) is 0 Å². The highest BCUT2D eigenvalue weighted by atomic mass is 32.1. The topological polar surface area (TPSA) is 0 Å². The summed E-state index contributed by atoms with van der Waals surface area (Å²) in [5.41, 5.74) is 1.12. The van der Waals surface area contributed by atoms with Crippen molar-refractivity contribution in [2.24, 2.45) is 11.8 Å². The molecule has 0 bridgehead atoms. The van der Waals surface area contributed by atoms with Crippen molar-refractivity contribution in [2.45, 2.75) is 69.6 Å². The summed E-state index contributed by atoms with van der Waals surface area (Å²) in [4.78, 5) is 1.00. The second-order valence-electron chi connectivity index (χ2n) is 6.38. The van der Waals surface area contributed by atoms with Crippen molar-refractivity contribution in [3.8, 4) is 11.8 Å². The van der Waals surface area contributed by atoms with Crippen molar-refractivity contribution in [2.75, 3.05) is 0 Å². The van der Waals surface area contributed by atoms with Gasteiger partial charge in [-0.2, -0.15) is 0 Å². The van der Waals surface area contributed by atoms with E-state index in [4.69, 9.17) is 0 Å². The van der Waals surface area contributed by atoms with Crippen LogP contribution in [0.3, 0.4) is 0 Å². The van der Waals surface area contributed by atoms with E-state index in [9.17, 15) is 0 Å². The zero-order valence-electron chi connectivity index (χ0n) is 13.3. The average Bonchev–Trinajstić information content (AvgIpc) is 2.52. The van der Waals surface area contributed by atoms with Gasteiger partial charge in [0.25, 0.3) is 0 Å². The molecule has 21 heavy (non-hydrogen) atoms. The van der Waals surface area contributed by atoms with Gasteiger partial charge >= 0.3 is 0 Å². The predicted molar refractivity (Wildman–Crippen MR) is 94.8 cm³/mol. The summed E-state index contributed by atoms with van der Waals surface area (Å²) in [5.74, 6) is 8.41. The van der Waals surface area contributed by atoms with Crippen LogP contribution in [0.1, 0.15) is 70.3 Å². The van der Waals surface area contributed by atoms with Crippen molar-refractivity contribution in [3.05, 3.63) is 29.8 Å². The van der Waals surface area contributed by atoms with E-state index < -0.39 is 0 Å². The fourth-order valence-corrected chi connectivity index (χ4v) is 3.33. The molecule has 0 heterocycles. The Labute approximate surface area is 136 Å². The second-order valence-corrected chi connectivity index (χ2v) is 6.90. The van der Waals surface area contributed by atoms with E-state index in [1.165, 1.54) is 57.8 Å². The molecule has 0 aliphatic heterocycles. The van der Waals surface area contributed by atoms with Crippen LogP contribution in [0.25, 0.3) is 0 Å². The van der Waals surface area contributed by atoms with Crippen molar-refractivity contribution in [1.82, 2.24) is 0 Å². The quantitative estimate of drug-likeness (QED) is 0.379. The Morgan fingerprint density at radius 2 is 1.71 bits per heavy atom. The maximum atomic E-state index is 4.30. The van der Waals surface area contributed by atoms with Gasteiger partial charge < -0.3 is 0 Å². The summed E-state index contributed by atoms with van der Waals surface area (Å²) >= 11 is 4.30. The van der Waals surface area contributed by atoms with Crippen molar-refractivity contribution < 1.29 is 0 Å². The molecule has 0 spiro atoms. The molecule has 1 aromatic carbocycles. The fourth-order valence-electron chi connectivity index (χ4n) is 3.19. The van der Waals surface area contributed by atoms with Gasteiger partial charge in [-0.05, 0) is 55.9 Å². The molecule has 1 aliphatic rings. The molecule has 0 atom stereocenters. The molecule has 1 saturated carbocycles. The zero-order valence-corrected chi connectivity index (χ0v) is 14.2. The monoisotopic (exact) mass is 300 g/mol. The predicted octanol–water partition coefficient (Wildman–Crippen LogP) is 6.10. The van der Waals surface area contributed by atoms with E-state index in [-0.39, 0.29) is 0 Å². The number of thiol groups is 1. The Kier molecular flexibility index (Phi) is 7.24. The molecular formula is C20H28S. The van der Waals surface area contributed by atoms with Crippen molar-refractivity contribution in [1.29, 1.82) is 0 Å². The number of rotatable bonds is 5. The van der Waals surface area contributed by atoms with E-state index in [1.54, 1.807) is 0 Å². The van der Waals surface area contributed by atoms with Crippen LogP contribution in [0, 0.1) is 23.7 Å². The van der Waals surface area contributed by atoms with Crippen LogP contribution in [0.2, 0.25) is 0 Å². The fraction of sp³-hybridized carbons (Fsp3) is 0.600. The summed E-state index contributed by atoms with van der Waals surface area (Å²) in [6.45, 7) is 2.29. The normalized spacial score (nSPS) is 21.6. The Morgan fingerprint density at radius 3 is 2.38 bits per heavy atom. The maximum absolute atomic E-state index is 4.30. The van der Waals surface area contributed by atoms with Crippen molar-refractivity contribution >= 4 is 12.6 Å². The van der Waals surface area contributed by atoms with Gasteiger partial charge in [0.15, 0.2) is 0 Å². The minimum absolute atomic E-state index is 0.618. The SMILES string of the molecule is CCCCCCC1CCC(C#Cc2ccc(S)cc2)CC1. The largest absolute Gasteiger partial charge is 0.143 e. The first-order valence-electron chi connectivity index (χ1n) is 8.58. The first-order chi connectivity index (χ1) is 10.3. The van der Waals surface area contributed by atoms with Gasteiger partial charge in [0.05, 0.1) is 0 Å². The van der Waals surface area contributed by atoms with Crippen LogP contribution in [0.15, 0.2) is 29.2 Å². The summed E-state index contributed by atoms with van der Waals surface area (Å²) in [6, 6.07) is 8.16. The van der Waals surface area contributed by atoms with Crippen LogP contribution >= 0.6 is 12.6 Å². The minimum Gasteiger partial charge on any atom is -0.143 e. The molecule has 0 aromatic heterocycles. The Morgan fingerprint density at radius 1 is 1.00 bits per heavy atom. The summed E-state index contributed by atoms with van der Waals surface area (Å²) in [5, 5.41) is 0. The lowest BCUT2D eigenvalue weighted by Crippen LogP contribution is -2.13. The molecule has 1 aromatic rings. The Bertz CT molecular complexity index is 455. The van der Waals surface area contributed by atoms with Gasteiger partial charge in [-0.15, -0.1) is 12.6 Å². The van der Waals surface area contributed by atoms with E-state index in [1.807, 2.05) is 12.1 Å². The molecule has 0 nitrogen and oxygen atoms in total. The lowest BCUT2D eigenvalue weighted by Gasteiger charge is -2.25. The smallest absolute Gasteiger partial charge is 0.0246 e. The van der Waals surface area contributed by atoms with Gasteiger partial charge in [0.2, 0.25) is 0 Å². The number of hydrogen-bond donors (Lipinski definition) is 1. The standard InChI is InChI=1S/C20H28S/c1-2-3-4-5-6-17-7-9-18(10-8-17)11-12-19-13-15-20(21)16-14-19/h13-18,21H,2-10H2,1H3. The van der Waals surface area contributed by atoms with Crippen LogP contribution < -0.4 is 0 Å². The zero-order chi connectivity index (χ0) is 14.9. The molecule has 1 heteroatoms. The molecule has 114 valence electrons. The third kappa shape index (κ3) is 6.18. The van der Waals surface area contributed by atoms with Crippen LogP contribution in [0.5, 0.6) is 0 Å². The highest BCUT2D eigenvalue weighted by Crippen LogP contribution is 2.31. The van der Waals surface area contributed by atoms with Crippen LogP contribution in [-0.4, -0.2) is 0 Å². The second kappa shape index (κ2) is 9.21. The highest BCUT2D eigenvalue weighted by molar-refractivity contribution is 7.80. The molecule has 0 saturated heterocycles. The average molecular weight is 301 g/mol. The molecular weight excluding hydrogens is 272 g/mol. The summed E-state index contributed by atoms with van der Waals surface area (Å²) in [6.07, 6.45) is 12.4. The molecule has 0 radical (unpaired) electrons. The summed E-state index contributed by atoms with van der Waals surface area (Å²) < 4.78 is 0. The van der Waals surface area contributed by atoms with Gasteiger partial charge in [-0.3, -0.25) is 0 Å². The van der Waals surface area contributed by atoms with Crippen LogP contribution in [0.4, 0.5) is 0 Å². The molecule has 0 amide bonds.